The Morgan fingerprint density at radius 1 is 1.19 bits per heavy atom. The maximum Gasteiger partial charge on any atom is 0.0233 e. The van der Waals surface area contributed by atoms with E-state index < -0.39 is 0 Å². The number of alkyl halides is 1. The summed E-state index contributed by atoms with van der Waals surface area (Å²) in [5.41, 5.74) is 2.14. The Hall–Kier alpha value is -0.340. The van der Waals surface area contributed by atoms with Gasteiger partial charge in [-0.25, -0.2) is 0 Å². The van der Waals surface area contributed by atoms with Crippen molar-refractivity contribution in [1.29, 1.82) is 0 Å². The summed E-state index contributed by atoms with van der Waals surface area (Å²) in [6.45, 7) is 3.68. The molecule has 1 saturated heterocycles. The summed E-state index contributed by atoms with van der Waals surface area (Å²) in [4.78, 5) is 3.41. The molecule has 16 heavy (non-hydrogen) atoms. The fraction of sp³-hybridized carbons (Fsp3) is 0.571. The van der Waals surface area contributed by atoms with Crippen LogP contribution in [0.4, 0.5) is 0 Å². The highest BCUT2D eigenvalue weighted by atomic mass is 79.9. The minimum atomic E-state index is 0.688. The fourth-order valence-electron chi connectivity index (χ4n) is 2.81. The van der Waals surface area contributed by atoms with Gasteiger partial charge in [0.25, 0.3) is 0 Å². The van der Waals surface area contributed by atoms with Crippen LogP contribution in [0.5, 0.6) is 0 Å². The van der Waals surface area contributed by atoms with Gasteiger partial charge in [0.2, 0.25) is 0 Å². The third-order valence-electron chi connectivity index (χ3n) is 4.19. The van der Waals surface area contributed by atoms with Crippen molar-refractivity contribution in [2.75, 3.05) is 13.1 Å². The lowest BCUT2D eigenvalue weighted by Gasteiger charge is -2.32. The fourth-order valence-corrected chi connectivity index (χ4v) is 3.92. The molecule has 0 amide bonds. The largest absolute Gasteiger partial charge is 0.299 e. The van der Waals surface area contributed by atoms with E-state index in [1.807, 2.05) is 0 Å². The molecule has 1 aromatic rings. The van der Waals surface area contributed by atoms with Crippen LogP contribution in [0.2, 0.25) is 0 Å². The van der Waals surface area contributed by atoms with Gasteiger partial charge in [0.15, 0.2) is 0 Å². The molecule has 1 unspecified atom stereocenters. The number of halogens is 1. The molecule has 1 aliphatic carbocycles. The Labute approximate surface area is 106 Å². The molecule has 1 aromatic carbocycles. The van der Waals surface area contributed by atoms with Gasteiger partial charge >= 0.3 is 0 Å². The van der Waals surface area contributed by atoms with Gasteiger partial charge < -0.3 is 0 Å². The maximum atomic E-state index is 3.77. The van der Waals surface area contributed by atoms with Crippen molar-refractivity contribution in [2.24, 2.45) is 5.41 Å². The van der Waals surface area contributed by atoms with E-state index in [1.165, 1.54) is 37.9 Å². The van der Waals surface area contributed by atoms with E-state index in [4.69, 9.17) is 0 Å². The first-order valence-electron chi connectivity index (χ1n) is 6.19. The van der Waals surface area contributed by atoms with Crippen LogP contribution in [0.1, 0.15) is 24.8 Å². The predicted molar refractivity (Wildman–Crippen MR) is 70.7 cm³/mol. The molecular weight excluding hydrogens is 262 g/mol. The lowest BCUT2D eigenvalue weighted by molar-refractivity contribution is 0.167. The van der Waals surface area contributed by atoms with Crippen molar-refractivity contribution in [1.82, 2.24) is 4.90 Å². The molecular formula is C14H18BrN. The second-order valence-electron chi connectivity index (χ2n) is 5.30. The quantitative estimate of drug-likeness (QED) is 0.750. The van der Waals surface area contributed by atoms with E-state index in [-0.39, 0.29) is 0 Å². The number of hydrogen-bond acceptors (Lipinski definition) is 1. The van der Waals surface area contributed by atoms with Gasteiger partial charge in [-0.15, -0.1) is 0 Å². The summed E-state index contributed by atoms with van der Waals surface area (Å²) in [5, 5.41) is 0. The molecule has 0 aromatic heterocycles. The minimum Gasteiger partial charge on any atom is -0.299 e. The van der Waals surface area contributed by atoms with E-state index >= 15 is 0 Å². The number of hydrogen-bond donors (Lipinski definition) is 0. The molecule has 86 valence electrons. The van der Waals surface area contributed by atoms with Crippen LogP contribution >= 0.6 is 15.9 Å². The van der Waals surface area contributed by atoms with Crippen molar-refractivity contribution >= 4 is 15.9 Å². The van der Waals surface area contributed by atoms with Crippen molar-refractivity contribution in [2.45, 2.75) is 30.6 Å². The highest BCUT2D eigenvalue weighted by Crippen LogP contribution is 2.58. The molecule has 0 N–H and O–H groups in total. The topological polar surface area (TPSA) is 3.24 Å². The molecule has 2 aliphatic rings. The molecule has 1 aliphatic heterocycles. The van der Waals surface area contributed by atoms with Crippen LogP contribution < -0.4 is 0 Å². The molecule has 1 atom stereocenters. The van der Waals surface area contributed by atoms with E-state index in [0.717, 1.165) is 11.4 Å². The monoisotopic (exact) mass is 279 g/mol. The van der Waals surface area contributed by atoms with Crippen LogP contribution in [0, 0.1) is 5.41 Å². The summed E-state index contributed by atoms with van der Waals surface area (Å²) in [7, 11) is 0. The van der Waals surface area contributed by atoms with Gasteiger partial charge in [0.05, 0.1) is 0 Å². The Morgan fingerprint density at radius 3 is 2.38 bits per heavy atom. The Kier molecular flexibility index (Phi) is 2.80. The van der Waals surface area contributed by atoms with E-state index in [0.29, 0.717) is 5.41 Å². The third kappa shape index (κ3) is 2.05. The summed E-state index contributed by atoms with van der Waals surface area (Å²) in [6, 6.07) is 10.8. The van der Waals surface area contributed by atoms with Gasteiger partial charge in [-0.05, 0) is 43.3 Å². The molecule has 0 bridgehead atoms. The lowest BCUT2D eigenvalue weighted by Crippen LogP contribution is -2.34. The molecule has 1 heterocycles. The minimum absolute atomic E-state index is 0.688. The Morgan fingerprint density at radius 2 is 1.81 bits per heavy atom. The summed E-state index contributed by atoms with van der Waals surface area (Å²) >= 11 is 3.77. The van der Waals surface area contributed by atoms with Gasteiger partial charge in [-0.1, -0.05) is 46.3 Å². The highest BCUT2D eigenvalue weighted by molar-refractivity contribution is 9.09. The molecule has 1 nitrogen and oxygen atoms in total. The van der Waals surface area contributed by atoms with Crippen molar-refractivity contribution < 1.29 is 0 Å². The van der Waals surface area contributed by atoms with Crippen molar-refractivity contribution in [3.05, 3.63) is 35.9 Å². The van der Waals surface area contributed by atoms with Gasteiger partial charge in [0.1, 0.15) is 0 Å². The zero-order valence-electron chi connectivity index (χ0n) is 9.53. The smallest absolute Gasteiger partial charge is 0.0233 e. The number of piperidine rings is 1. The molecule has 1 saturated carbocycles. The average Bonchev–Trinajstić information content (AvgIpc) is 2.94. The van der Waals surface area contributed by atoms with E-state index in [1.54, 1.807) is 0 Å². The standard InChI is InChI=1S/C14H18BrN/c15-13-10-14(13)6-8-16(9-7-14)11-12-4-2-1-3-5-12/h1-5,13H,6-11H2. The average molecular weight is 280 g/mol. The molecule has 2 fully saturated rings. The Bertz CT molecular complexity index is 354. The van der Waals surface area contributed by atoms with Crippen molar-refractivity contribution in [3.8, 4) is 0 Å². The van der Waals surface area contributed by atoms with Gasteiger partial charge in [-0.3, -0.25) is 4.90 Å². The second-order valence-corrected chi connectivity index (χ2v) is 6.40. The SMILES string of the molecule is BrC1CC12CCN(Cc1ccccc1)CC2. The first-order chi connectivity index (χ1) is 7.78. The first kappa shape index (κ1) is 10.8. The van der Waals surface area contributed by atoms with E-state index in [2.05, 4.69) is 51.2 Å². The lowest BCUT2D eigenvalue weighted by atomic mass is 9.93. The van der Waals surface area contributed by atoms with Crippen LogP contribution in [-0.2, 0) is 6.54 Å². The third-order valence-corrected chi connectivity index (χ3v) is 5.49. The summed E-state index contributed by atoms with van der Waals surface area (Å²) < 4.78 is 0. The van der Waals surface area contributed by atoms with Crippen LogP contribution in [0.3, 0.4) is 0 Å². The molecule has 1 spiro atoms. The number of benzene rings is 1. The molecule has 3 rings (SSSR count). The number of rotatable bonds is 2. The van der Waals surface area contributed by atoms with Gasteiger partial charge in [-0.2, -0.15) is 0 Å². The second kappa shape index (κ2) is 4.15. The zero-order chi connectivity index (χ0) is 11.0. The predicted octanol–water partition coefficient (Wildman–Crippen LogP) is 3.44. The zero-order valence-corrected chi connectivity index (χ0v) is 11.1. The molecule has 2 heteroatoms. The number of nitrogens with zero attached hydrogens (tertiary/aromatic N) is 1. The normalized spacial score (nSPS) is 28.2. The molecule has 0 radical (unpaired) electrons. The highest BCUT2D eigenvalue weighted by Gasteiger charge is 2.53. The van der Waals surface area contributed by atoms with E-state index in [9.17, 15) is 0 Å². The van der Waals surface area contributed by atoms with Gasteiger partial charge in [0, 0.05) is 11.4 Å². The summed E-state index contributed by atoms with van der Waals surface area (Å²) in [5.74, 6) is 0. The Balaban J connectivity index is 1.55. The number of likely N-dealkylation sites (tertiary alicyclic amines) is 1. The maximum absolute atomic E-state index is 3.77. The van der Waals surface area contributed by atoms with Crippen LogP contribution in [-0.4, -0.2) is 22.8 Å². The van der Waals surface area contributed by atoms with Crippen LogP contribution in [0.15, 0.2) is 30.3 Å². The van der Waals surface area contributed by atoms with Crippen LogP contribution in [0.25, 0.3) is 0 Å². The summed E-state index contributed by atoms with van der Waals surface area (Å²) in [6.07, 6.45) is 4.18. The van der Waals surface area contributed by atoms with Crippen molar-refractivity contribution in [3.63, 3.8) is 0 Å². The first-order valence-corrected chi connectivity index (χ1v) is 7.10.